The molecule has 0 aliphatic carbocycles. The molecule has 0 atom stereocenters. The Labute approximate surface area is 87.5 Å². The van der Waals surface area contributed by atoms with E-state index in [0.29, 0.717) is 0 Å². The van der Waals surface area contributed by atoms with Gasteiger partial charge < -0.3 is 4.90 Å². The Kier molecular flexibility index (Phi) is 3.74. The lowest BCUT2D eigenvalue weighted by Gasteiger charge is -2.10. The van der Waals surface area contributed by atoms with E-state index < -0.39 is 11.7 Å². The molecule has 0 amide bonds. The summed E-state index contributed by atoms with van der Waals surface area (Å²) in [7, 11) is 3.87. The van der Waals surface area contributed by atoms with Crippen LogP contribution in [-0.2, 0) is 12.6 Å². The Morgan fingerprint density at radius 1 is 1.07 bits per heavy atom. The molecule has 15 heavy (non-hydrogen) atoms. The first-order valence-electron chi connectivity index (χ1n) is 4.70. The van der Waals surface area contributed by atoms with Gasteiger partial charge in [-0.05, 0) is 38.2 Å². The van der Waals surface area contributed by atoms with Crippen LogP contribution in [0.1, 0.15) is 11.1 Å². The maximum Gasteiger partial charge on any atom is 0.416 e. The van der Waals surface area contributed by atoms with Crippen molar-refractivity contribution in [1.29, 1.82) is 0 Å². The Morgan fingerprint density at radius 2 is 1.60 bits per heavy atom. The third-order valence-electron chi connectivity index (χ3n) is 2.13. The smallest absolute Gasteiger partial charge is 0.309 e. The Morgan fingerprint density at radius 3 is 2.00 bits per heavy atom. The van der Waals surface area contributed by atoms with Gasteiger partial charge in [0.1, 0.15) is 0 Å². The van der Waals surface area contributed by atoms with Crippen molar-refractivity contribution in [3.05, 3.63) is 35.4 Å². The molecule has 0 N–H and O–H groups in total. The number of hydrogen-bond donors (Lipinski definition) is 0. The monoisotopic (exact) mass is 217 g/mol. The zero-order valence-electron chi connectivity index (χ0n) is 8.80. The minimum absolute atomic E-state index is 0.587. The normalized spacial score (nSPS) is 12.1. The van der Waals surface area contributed by atoms with E-state index in [4.69, 9.17) is 0 Å². The van der Waals surface area contributed by atoms with Gasteiger partial charge in [0.25, 0.3) is 0 Å². The Bertz CT molecular complexity index is 301. The van der Waals surface area contributed by atoms with E-state index in [1.807, 2.05) is 19.0 Å². The number of nitrogens with zero attached hydrogens (tertiary/aromatic N) is 1. The standard InChI is InChI=1S/C11H14F3N/c1-15(2)8-7-9-3-5-10(6-4-9)11(12,13)14/h3-6H,7-8H2,1-2H3. The summed E-state index contributed by atoms with van der Waals surface area (Å²) in [6, 6.07) is 5.33. The fourth-order valence-corrected chi connectivity index (χ4v) is 1.21. The molecule has 0 heterocycles. The Balaban J connectivity index is 2.65. The number of likely N-dealkylation sites (N-methyl/N-ethyl adjacent to an activating group) is 1. The summed E-state index contributed by atoms with van der Waals surface area (Å²) >= 11 is 0. The molecule has 84 valence electrons. The molecule has 0 saturated carbocycles. The van der Waals surface area contributed by atoms with Crippen LogP contribution >= 0.6 is 0 Å². The summed E-state index contributed by atoms with van der Waals surface area (Å²) in [5, 5.41) is 0. The fraction of sp³-hybridized carbons (Fsp3) is 0.455. The second kappa shape index (κ2) is 4.66. The highest BCUT2D eigenvalue weighted by molar-refractivity contribution is 5.24. The van der Waals surface area contributed by atoms with Gasteiger partial charge in [0, 0.05) is 6.54 Å². The molecule has 0 bridgehead atoms. The van der Waals surface area contributed by atoms with Gasteiger partial charge in [-0.3, -0.25) is 0 Å². The summed E-state index contributed by atoms with van der Waals surface area (Å²) < 4.78 is 36.7. The molecule has 0 aromatic heterocycles. The maximum absolute atomic E-state index is 12.2. The summed E-state index contributed by atoms with van der Waals surface area (Å²) in [4.78, 5) is 2.00. The lowest BCUT2D eigenvalue weighted by atomic mass is 10.1. The molecule has 0 aliphatic heterocycles. The van der Waals surface area contributed by atoms with Crippen LogP contribution in [0.5, 0.6) is 0 Å². The quantitative estimate of drug-likeness (QED) is 0.752. The van der Waals surface area contributed by atoms with Crippen molar-refractivity contribution in [1.82, 2.24) is 4.90 Å². The van der Waals surface area contributed by atoms with E-state index in [0.717, 1.165) is 30.7 Å². The third kappa shape index (κ3) is 3.91. The largest absolute Gasteiger partial charge is 0.416 e. The molecule has 0 saturated heterocycles. The molecule has 1 rings (SSSR count). The topological polar surface area (TPSA) is 3.24 Å². The predicted octanol–water partition coefficient (Wildman–Crippen LogP) is 2.81. The van der Waals surface area contributed by atoms with Crippen molar-refractivity contribution in [2.75, 3.05) is 20.6 Å². The second-order valence-corrected chi connectivity index (χ2v) is 3.75. The van der Waals surface area contributed by atoms with Gasteiger partial charge in [-0.15, -0.1) is 0 Å². The summed E-state index contributed by atoms with van der Waals surface area (Å²) in [5.41, 5.74) is 0.341. The van der Waals surface area contributed by atoms with Crippen LogP contribution in [0, 0.1) is 0 Å². The molecule has 0 spiro atoms. The van der Waals surface area contributed by atoms with Crippen molar-refractivity contribution < 1.29 is 13.2 Å². The van der Waals surface area contributed by atoms with Crippen LogP contribution in [-0.4, -0.2) is 25.5 Å². The van der Waals surface area contributed by atoms with Gasteiger partial charge in [-0.2, -0.15) is 13.2 Å². The SMILES string of the molecule is CN(C)CCc1ccc(C(F)(F)F)cc1. The van der Waals surface area contributed by atoms with Crippen LogP contribution in [0.2, 0.25) is 0 Å². The Hall–Kier alpha value is -1.03. The fourth-order valence-electron chi connectivity index (χ4n) is 1.21. The van der Waals surface area contributed by atoms with Crippen LogP contribution in [0.4, 0.5) is 13.2 Å². The van der Waals surface area contributed by atoms with Crippen LogP contribution in [0.15, 0.2) is 24.3 Å². The van der Waals surface area contributed by atoms with E-state index in [1.54, 1.807) is 0 Å². The van der Waals surface area contributed by atoms with E-state index in [-0.39, 0.29) is 0 Å². The zero-order chi connectivity index (χ0) is 11.5. The first kappa shape index (κ1) is 12.0. The van der Waals surface area contributed by atoms with Crippen molar-refractivity contribution in [3.8, 4) is 0 Å². The van der Waals surface area contributed by atoms with Gasteiger partial charge in [0.2, 0.25) is 0 Å². The van der Waals surface area contributed by atoms with Crippen molar-refractivity contribution in [2.24, 2.45) is 0 Å². The lowest BCUT2D eigenvalue weighted by Crippen LogP contribution is -2.15. The number of alkyl halides is 3. The molecule has 1 nitrogen and oxygen atoms in total. The molecular formula is C11H14F3N. The third-order valence-corrected chi connectivity index (χ3v) is 2.13. The second-order valence-electron chi connectivity index (χ2n) is 3.75. The minimum Gasteiger partial charge on any atom is -0.309 e. The van der Waals surface area contributed by atoms with Gasteiger partial charge in [0.15, 0.2) is 0 Å². The summed E-state index contributed by atoms with van der Waals surface area (Å²) in [6.45, 7) is 0.839. The highest BCUT2D eigenvalue weighted by atomic mass is 19.4. The summed E-state index contributed by atoms with van der Waals surface area (Å²) in [5.74, 6) is 0. The van der Waals surface area contributed by atoms with Crippen molar-refractivity contribution in [3.63, 3.8) is 0 Å². The van der Waals surface area contributed by atoms with Gasteiger partial charge in [-0.1, -0.05) is 12.1 Å². The highest BCUT2D eigenvalue weighted by Gasteiger charge is 2.29. The molecule has 0 fully saturated rings. The number of halogens is 3. The molecule has 1 aromatic rings. The van der Waals surface area contributed by atoms with Gasteiger partial charge >= 0.3 is 6.18 Å². The average Bonchev–Trinajstić information content (AvgIpc) is 2.14. The van der Waals surface area contributed by atoms with Crippen LogP contribution in [0.3, 0.4) is 0 Å². The summed E-state index contributed by atoms with van der Waals surface area (Å²) in [6.07, 6.45) is -3.47. The first-order valence-corrected chi connectivity index (χ1v) is 4.70. The molecule has 0 unspecified atom stereocenters. The molecule has 0 radical (unpaired) electrons. The predicted molar refractivity (Wildman–Crippen MR) is 53.7 cm³/mol. The average molecular weight is 217 g/mol. The first-order chi connectivity index (χ1) is 6.89. The van der Waals surface area contributed by atoms with E-state index in [2.05, 4.69) is 0 Å². The van der Waals surface area contributed by atoms with Crippen LogP contribution < -0.4 is 0 Å². The minimum atomic E-state index is -4.24. The molecule has 1 aromatic carbocycles. The number of benzene rings is 1. The van der Waals surface area contributed by atoms with Crippen LogP contribution in [0.25, 0.3) is 0 Å². The zero-order valence-corrected chi connectivity index (χ0v) is 8.80. The lowest BCUT2D eigenvalue weighted by molar-refractivity contribution is -0.137. The highest BCUT2D eigenvalue weighted by Crippen LogP contribution is 2.29. The van der Waals surface area contributed by atoms with Gasteiger partial charge in [0.05, 0.1) is 5.56 Å². The van der Waals surface area contributed by atoms with E-state index in [9.17, 15) is 13.2 Å². The van der Waals surface area contributed by atoms with E-state index >= 15 is 0 Å². The number of rotatable bonds is 3. The number of hydrogen-bond acceptors (Lipinski definition) is 1. The van der Waals surface area contributed by atoms with Crippen molar-refractivity contribution >= 4 is 0 Å². The van der Waals surface area contributed by atoms with Gasteiger partial charge in [-0.25, -0.2) is 0 Å². The maximum atomic E-state index is 12.2. The molecule has 4 heteroatoms. The molecule has 0 aliphatic rings. The molecular weight excluding hydrogens is 203 g/mol. The van der Waals surface area contributed by atoms with E-state index in [1.165, 1.54) is 12.1 Å². The van der Waals surface area contributed by atoms with Crippen molar-refractivity contribution in [2.45, 2.75) is 12.6 Å².